The van der Waals surface area contributed by atoms with Crippen molar-refractivity contribution in [2.75, 3.05) is 6.61 Å². The summed E-state index contributed by atoms with van der Waals surface area (Å²) < 4.78 is 6.52. The van der Waals surface area contributed by atoms with Crippen LogP contribution in [-0.2, 0) is 27.3 Å². The molecule has 0 aliphatic heterocycles. The molecule has 6 heteroatoms. The van der Waals surface area contributed by atoms with Gasteiger partial charge in [-0.1, -0.05) is 0 Å². The first-order chi connectivity index (χ1) is 8.67. The van der Waals surface area contributed by atoms with Crippen LogP contribution < -0.4 is 0 Å². The topological polar surface area (TPSA) is 74.1 Å². The molecule has 0 N–H and O–H groups in total. The van der Waals surface area contributed by atoms with Crippen molar-refractivity contribution in [3.63, 3.8) is 0 Å². The Morgan fingerprint density at radius 3 is 2.72 bits per heavy atom. The van der Waals surface area contributed by atoms with E-state index < -0.39 is 0 Å². The zero-order valence-electron chi connectivity index (χ0n) is 10.9. The van der Waals surface area contributed by atoms with Gasteiger partial charge in [-0.3, -0.25) is 14.3 Å². The number of ether oxygens (including phenoxy) is 1. The largest absolute Gasteiger partial charge is 0.466 e. The van der Waals surface area contributed by atoms with Crippen LogP contribution in [0, 0.1) is 0 Å². The lowest BCUT2D eigenvalue weighted by molar-refractivity contribution is -0.144. The lowest BCUT2D eigenvalue weighted by atomic mass is 10.1. The van der Waals surface area contributed by atoms with E-state index in [-0.39, 0.29) is 24.6 Å². The second-order valence-electron chi connectivity index (χ2n) is 3.84. The van der Waals surface area contributed by atoms with Crippen LogP contribution in [0.5, 0.6) is 0 Å². The zero-order chi connectivity index (χ0) is 13.4. The molecule has 0 radical (unpaired) electrons. The van der Waals surface area contributed by atoms with Crippen molar-refractivity contribution in [2.24, 2.45) is 0 Å². The van der Waals surface area contributed by atoms with E-state index in [0.29, 0.717) is 19.4 Å². The Hall–Kier alpha value is -1.72. The molecule has 0 saturated heterocycles. The molecule has 6 nitrogen and oxygen atoms in total. The maximum Gasteiger partial charge on any atom is 0.306 e. The summed E-state index contributed by atoms with van der Waals surface area (Å²) >= 11 is 0. The summed E-state index contributed by atoms with van der Waals surface area (Å²) in [4.78, 5) is 26.8. The fourth-order valence-electron chi connectivity index (χ4n) is 1.60. The minimum atomic E-state index is -0.317. The van der Waals surface area contributed by atoms with Gasteiger partial charge in [-0.25, -0.2) is 4.98 Å². The molecule has 100 valence electrons. The van der Waals surface area contributed by atoms with Crippen molar-refractivity contribution in [3.05, 3.63) is 12.2 Å². The van der Waals surface area contributed by atoms with Crippen LogP contribution in [0.25, 0.3) is 0 Å². The smallest absolute Gasteiger partial charge is 0.306 e. The summed E-state index contributed by atoms with van der Waals surface area (Å²) in [6.45, 7) is 4.82. The number of carbonyl (C=O) groups excluding carboxylic acids is 2. The van der Waals surface area contributed by atoms with Gasteiger partial charge in [0.25, 0.3) is 0 Å². The fraction of sp³-hybridized carbons (Fsp3) is 0.667. The molecule has 0 spiro atoms. The number of hydrogen-bond donors (Lipinski definition) is 0. The van der Waals surface area contributed by atoms with E-state index in [1.807, 2.05) is 6.92 Å². The van der Waals surface area contributed by atoms with Crippen LogP contribution in [0.4, 0.5) is 0 Å². The van der Waals surface area contributed by atoms with Crippen molar-refractivity contribution < 1.29 is 14.3 Å². The number of carbonyl (C=O) groups is 2. The average Bonchev–Trinajstić information content (AvgIpc) is 2.81. The molecular formula is C12H19N3O3. The molecule has 0 aliphatic carbocycles. The summed E-state index contributed by atoms with van der Waals surface area (Å²) in [6.07, 6.45) is 2.84. The molecule has 1 aromatic rings. The van der Waals surface area contributed by atoms with Gasteiger partial charge >= 0.3 is 5.97 Å². The highest BCUT2D eigenvalue weighted by atomic mass is 16.5. The third kappa shape index (κ3) is 4.65. The molecule has 1 rings (SSSR count). The lowest BCUT2D eigenvalue weighted by Gasteiger charge is -2.03. The van der Waals surface area contributed by atoms with Gasteiger partial charge in [-0.15, -0.1) is 0 Å². The summed E-state index contributed by atoms with van der Waals surface area (Å²) in [5.74, 6) is 0.540. The van der Waals surface area contributed by atoms with E-state index in [1.165, 1.54) is 6.33 Å². The molecule has 0 atom stereocenters. The number of aromatic nitrogens is 3. The first kappa shape index (κ1) is 14.3. The number of ketones is 1. The van der Waals surface area contributed by atoms with Crippen LogP contribution in [-0.4, -0.2) is 33.1 Å². The Morgan fingerprint density at radius 1 is 1.28 bits per heavy atom. The van der Waals surface area contributed by atoms with Gasteiger partial charge in [0, 0.05) is 25.8 Å². The highest BCUT2D eigenvalue weighted by Gasteiger charge is 2.10. The third-order valence-electron chi connectivity index (χ3n) is 2.54. The minimum absolute atomic E-state index is 0.0497. The van der Waals surface area contributed by atoms with E-state index >= 15 is 0 Å². The van der Waals surface area contributed by atoms with Gasteiger partial charge in [-0.05, 0) is 13.8 Å². The van der Waals surface area contributed by atoms with Crippen LogP contribution in [0.2, 0.25) is 0 Å². The van der Waals surface area contributed by atoms with Crippen LogP contribution in [0.15, 0.2) is 6.33 Å². The quantitative estimate of drug-likeness (QED) is 0.649. The molecule has 0 fully saturated rings. The molecule has 18 heavy (non-hydrogen) atoms. The molecule has 1 aromatic heterocycles. The van der Waals surface area contributed by atoms with Crippen molar-refractivity contribution >= 4 is 11.8 Å². The van der Waals surface area contributed by atoms with Crippen molar-refractivity contribution in [1.82, 2.24) is 14.8 Å². The molecule has 0 aromatic carbocycles. The standard InChI is InChI=1S/C12H19N3O3/c1-3-15-11(13-9-14-15)7-5-10(16)6-8-12(17)18-4-2/h9H,3-8H2,1-2H3. The number of nitrogens with zero attached hydrogens (tertiary/aromatic N) is 3. The summed E-state index contributed by atoms with van der Waals surface area (Å²) in [5.41, 5.74) is 0. The fourth-order valence-corrected chi connectivity index (χ4v) is 1.60. The van der Waals surface area contributed by atoms with Gasteiger partial charge in [0.2, 0.25) is 0 Å². The van der Waals surface area contributed by atoms with Crippen LogP contribution in [0.1, 0.15) is 38.9 Å². The molecule has 0 aliphatic rings. The molecule has 0 bridgehead atoms. The highest BCUT2D eigenvalue weighted by Crippen LogP contribution is 2.03. The number of rotatable bonds is 8. The normalized spacial score (nSPS) is 10.3. The Kier molecular flexibility index (Phi) is 6.04. The van der Waals surface area contributed by atoms with Gasteiger partial charge < -0.3 is 4.74 Å². The third-order valence-corrected chi connectivity index (χ3v) is 2.54. The van der Waals surface area contributed by atoms with E-state index in [0.717, 1.165) is 12.4 Å². The summed E-state index contributed by atoms with van der Waals surface area (Å²) in [6, 6.07) is 0. The van der Waals surface area contributed by atoms with Crippen LogP contribution in [0.3, 0.4) is 0 Å². The Balaban J connectivity index is 2.27. The van der Waals surface area contributed by atoms with E-state index in [2.05, 4.69) is 10.1 Å². The van der Waals surface area contributed by atoms with E-state index in [1.54, 1.807) is 11.6 Å². The van der Waals surface area contributed by atoms with Gasteiger partial charge in [-0.2, -0.15) is 5.10 Å². The number of aryl methyl sites for hydroxylation is 2. The predicted octanol–water partition coefficient (Wildman–Crippen LogP) is 1.14. The highest BCUT2D eigenvalue weighted by molar-refractivity contribution is 5.82. The van der Waals surface area contributed by atoms with Crippen molar-refractivity contribution in [2.45, 2.75) is 46.1 Å². The second kappa shape index (κ2) is 7.58. The Morgan fingerprint density at radius 2 is 2.06 bits per heavy atom. The van der Waals surface area contributed by atoms with Gasteiger partial charge in [0.1, 0.15) is 17.9 Å². The summed E-state index contributed by atoms with van der Waals surface area (Å²) in [7, 11) is 0. The van der Waals surface area contributed by atoms with Crippen molar-refractivity contribution in [1.29, 1.82) is 0 Å². The minimum Gasteiger partial charge on any atom is -0.466 e. The predicted molar refractivity (Wildman–Crippen MR) is 64.9 cm³/mol. The molecule has 0 saturated carbocycles. The number of Topliss-reactive ketones (excluding diaryl/α,β-unsaturated/α-hetero) is 1. The maximum atomic E-state index is 11.6. The first-order valence-corrected chi connectivity index (χ1v) is 6.21. The molecule has 1 heterocycles. The Labute approximate surface area is 106 Å². The van der Waals surface area contributed by atoms with E-state index in [4.69, 9.17) is 4.74 Å². The van der Waals surface area contributed by atoms with E-state index in [9.17, 15) is 9.59 Å². The second-order valence-corrected chi connectivity index (χ2v) is 3.84. The SMILES string of the molecule is CCOC(=O)CCC(=O)CCc1ncnn1CC. The van der Waals surface area contributed by atoms with Gasteiger partial charge in [0.05, 0.1) is 13.0 Å². The summed E-state index contributed by atoms with van der Waals surface area (Å²) in [5, 5.41) is 4.03. The molecular weight excluding hydrogens is 234 g/mol. The van der Waals surface area contributed by atoms with Crippen molar-refractivity contribution in [3.8, 4) is 0 Å². The van der Waals surface area contributed by atoms with Crippen LogP contribution >= 0.6 is 0 Å². The lowest BCUT2D eigenvalue weighted by Crippen LogP contribution is -2.10. The molecule has 0 amide bonds. The monoisotopic (exact) mass is 253 g/mol. The first-order valence-electron chi connectivity index (χ1n) is 6.21. The van der Waals surface area contributed by atoms with Gasteiger partial charge in [0.15, 0.2) is 0 Å². The molecule has 0 unspecified atom stereocenters. The Bertz CT molecular complexity index is 401. The number of esters is 1. The number of hydrogen-bond acceptors (Lipinski definition) is 5. The maximum absolute atomic E-state index is 11.6. The average molecular weight is 253 g/mol. The zero-order valence-corrected chi connectivity index (χ0v) is 10.9.